The molecule has 0 aliphatic rings. The highest BCUT2D eigenvalue weighted by molar-refractivity contribution is 7.92. The van der Waals surface area contributed by atoms with Crippen molar-refractivity contribution in [2.45, 2.75) is 4.90 Å². The lowest BCUT2D eigenvalue weighted by atomic mass is 10.2. The lowest BCUT2D eigenvalue weighted by Gasteiger charge is -2.12. The van der Waals surface area contributed by atoms with Crippen LogP contribution in [0.15, 0.2) is 77.7 Å². The first-order valence-corrected chi connectivity index (χ1v) is 9.53. The molecule has 0 saturated carbocycles. The number of ether oxygens (including phenoxy) is 1. The number of methoxy groups -OCH3 is 1. The molecule has 0 amide bonds. The van der Waals surface area contributed by atoms with E-state index < -0.39 is 10.0 Å². The van der Waals surface area contributed by atoms with Crippen LogP contribution in [0, 0.1) is 11.3 Å². The maximum absolute atomic E-state index is 12.5. The van der Waals surface area contributed by atoms with Crippen LogP contribution in [0.5, 0.6) is 5.75 Å². The van der Waals surface area contributed by atoms with Gasteiger partial charge in [-0.3, -0.25) is 4.72 Å². The Balaban J connectivity index is 1.76. The molecule has 136 valence electrons. The molecule has 0 aromatic heterocycles. The second-order valence-corrected chi connectivity index (χ2v) is 7.33. The molecule has 7 heteroatoms. The van der Waals surface area contributed by atoms with E-state index in [1.165, 1.54) is 18.2 Å². The molecular weight excluding hydrogens is 362 g/mol. The topological polar surface area (TPSA) is 91.2 Å². The minimum atomic E-state index is -3.77. The van der Waals surface area contributed by atoms with Crippen molar-refractivity contribution in [1.29, 1.82) is 5.26 Å². The number of rotatable bonds is 6. The van der Waals surface area contributed by atoms with Gasteiger partial charge in [0.25, 0.3) is 10.0 Å². The van der Waals surface area contributed by atoms with Crippen LogP contribution >= 0.6 is 0 Å². The van der Waals surface area contributed by atoms with Crippen LogP contribution in [0.25, 0.3) is 0 Å². The molecule has 0 aliphatic carbocycles. The summed E-state index contributed by atoms with van der Waals surface area (Å²) in [7, 11) is -2.17. The summed E-state index contributed by atoms with van der Waals surface area (Å²) in [6.45, 7) is 0. The van der Waals surface area contributed by atoms with Crippen LogP contribution < -0.4 is 14.8 Å². The molecule has 0 unspecified atom stereocenters. The molecule has 0 fully saturated rings. The smallest absolute Gasteiger partial charge is 0.261 e. The van der Waals surface area contributed by atoms with Gasteiger partial charge < -0.3 is 10.1 Å². The molecule has 3 aromatic carbocycles. The number of anilines is 3. The molecule has 2 N–H and O–H groups in total. The number of nitriles is 1. The Morgan fingerprint density at radius 3 is 2.33 bits per heavy atom. The maximum atomic E-state index is 12.5. The molecule has 0 atom stereocenters. The Morgan fingerprint density at radius 1 is 0.926 bits per heavy atom. The number of para-hydroxylation sites is 2. The van der Waals surface area contributed by atoms with E-state index in [4.69, 9.17) is 10.00 Å². The molecule has 3 rings (SSSR count). The third-order valence-electron chi connectivity index (χ3n) is 3.80. The Labute approximate surface area is 158 Å². The van der Waals surface area contributed by atoms with Gasteiger partial charge in [-0.2, -0.15) is 5.26 Å². The Bertz CT molecular complexity index is 1090. The summed E-state index contributed by atoms with van der Waals surface area (Å²) in [5.74, 6) is 0.708. The zero-order chi connectivity index (χ0) is 19.3. The minimum absolute atomic E-state index is 0.0396. The first-order valence-electron chi connectivity index (χ1n) is 8.05. The van der Waals surface area contributed by atoms with E-state index in [2.05, 4.69) is 10.0 Å². The first-order chi connectivity index (χ1) is 13.0. The molecule has 3 aromatic rings. The van der Waals surface area contributed by atoms with Crippen molar-refractivity contribution in [2.75, 3.05) is 17.1 Å². The molecule has 0 bridgehead atoms. The SMILES string of the molecule is COc1ccccc1Nc1ccc(NS(=O)(=O)c2cccc(C#N)c2)cc1. The highest BCUT2D eigenvalue weighted by Gasteiger charge is 2.14. The van der Waals surface area contributed by atoms with Crippen molar-refractivity contribution >= 4 is 27.1 Å². The summed E-state index contributed by atoms with van der Waals surface area (Å²) < 4.78 is 32.8. The fourth-order valence-electron chi connectivity index (χ4n) is 2.47. The Hall–Kier alpha value is -3.50. The molecule has 0 spiro atoms. The Morgan fingerprint density at radius 2 is 1.63 bits per heavy atom. The summed E-state index contributed by atoms with van der Waals surface area (Å²) in [4.78, 5) is 0.0396. The largest absolute Gasteiger partial charge is 0.495 e. The molecule has 6 nitrogen and oxygen atoms in total. The second-order valence-electron chi connectivity index (χ2n) is 5.65. The lowest BCUT2D eigenvalue weighted by Crippen LogP contribution is -2.13. The predicted molar refractivity (Wildman–Crippen MR) is 105 cm³/mol. The average molecular weight is 379 g/mol. The summed E-state index contributed by atoms with van der Waals surface area (Å²) in [6.07, 6.45) is 0. The van der Waals surface area contributed by atoms with E-state index >= 15 is 0 Å². The Kier molecular flexibility index (Phi) is 5.29. The van der Waals surface area contributed by atoms with Crippen molar-refractivity contribution < 1.29 is 13.2 Å². The summed E-state index contributed by atoms with van der Waals surface area (Å²) in [5.41, 5.74) is 2.30. The number of benzene rings is 3. The van der Waals surface area contributed by atoms with Gasteiger partial charge in [-0.1, -0.05) is 18.2 Å². The van der Waals surface area contributed by atoms with E-state index in [-0.39, 0.29) is 10.5 Å². The summed E-state index contributed by atoms with van der Waals surface area (Å²) >= 11 is 0. The number of nitrogens with one attached hydrogen (secondary N) is 2. The normalized spacial score (nSPS) is 10.7. The molecule has 0 radical (unpaired) electrons. The van der Waals surface area contributed by atoms with E-state index in [0.717, 1.165) is 11.4 Å². The van der Waals surface area contributed by atoms with E-state index in [9.17, 15) is 8.42 Å². The zero-order valence-corrected chi connectivity index (χ0v) is 15.3. The van der Waals surface area contributed by atoms with Gasteiger partial charge in [0.2, 0.25) is 0 Å². The maximum Gasteiger partial charge on any atom is 0.261 e. The number of hydrogen-bond donors (Lipinski definition) is 2. The van der Waals surface area contributed by atoms with Gasteiger partial charge in [-0.05, 0) is 54.6 Å². The van der Waals surface area contributed by atoms with Crippen LogP contribution in [-0.4, -0.2) is 15.5 Å². The molecule has 27 heavy (non-hydrogen) atoms. The highest BCUT2D eigenvalue weighted by atomic mass is 32.2. The van der Waals surface area contributed by atoms with Crippen LogP contribution in [0.1, 0.15) is 5.56 Å². The van der Waals surface area contributed by atoms with Gasteiger partial charge in [-0.25, -0.2) is 8.42 Å². The van der Waals surface area contributed by atoms with Crippen molar-refractivity contribution in [3.63, 3.8) is 0 Å². The van der Waals surface area contributed by atoms with Gasteiger partial charge in [-0.15, -0.1) is 0 Å². The van der Waals surface area contributed by atoms with Gasteiger partial charge in [0, 0.05) is 11.4 Å². The number of hydrogen-bond acceptors (Lipinski definition) is 5. The number of sulfonamides is 1. The first kappa shape index (κ1) is 18.3. The molecule has 0 saturated heterocycles. The van der Waals surface area contributed by atoms with Crippen LogP contribution in [0.3, 0.4) is 0 Å². The quantitative estimate of drug-likeness (QED) is 0.672. The third-order valence-corrected chi connectivity index (χ3v) is 5.18. The number of nitrogens with zero attached hydrogens (tertiary/aromatic N) is 1. The van der Waals surface area contributed by atoms with Gasteiger partial charge in [0.05, 0.1) is 29.3 Å². The van der Waals surface area contributed by atoms with Gasteiger partial charge >= 0.3 is 0 Å². The fourth-order valence-corrected chi connectivity index (χ4v) is 3.58. The van der Waals surface area contributed by atoms with Crippen LogP contribution in [-0.2, 0) is 10.0 Å². The predicted octanol–water partition coefficient (Wildman–Crippen LogP) is 4.11. The summed E-state index contributed by atoms with van der Waals surface area (Å²) in [5, 5.41) is 12.1. The molecule has 0 aliphatic heterocycles. The molecule has 0 heterocycles. The zero-order valence-electron chi connectivity index (χ0n) is 14.5. The van der Waals surface area contributed by atoms with E-state index in [1.807, 2.05) is 30.3 Å². The second kappa shape index (κ2) is 7.81. The van der Waals surface area contributed by atoms with Crippen LogP contribution in [0.2, 0.25) is 0 Å². The molecular formula is C20H17N3O3S. The van der Waals surface area contributed by atoms with Crippen molar-refractivity contribution in [1.82, 2.24) is 0 Å². The van der Waals surface area contributed by atoms with Gasteiger partial charge in [0.15, 0.2) is 0 Å². The summed E-state index contributed by atoms with van der Waals surface area (Å²) in [6, 6.07) is 22.1. The van der Waals surface area contributed by atoms with Crippen molar-refractivity contribution in [3.05, 3.63) is 78.4 Å². The highest BCUT2D eigenvalue weighted by Crippen LogP contribution is 2.28. The average Bonchev–Trinajstić information content (AvgIpc) is 2.70. The third kappa shape index (κ3) is 4.37. The van der Waals surface area contributed by atoms with Crippen molar-refractivity contribution in [3.8, 4) is 11.8 Å². The monoisotopic (exact) mass is 379 g/mol. The van der Waals surface area contributed by atoms with Crippen molar-refractivity contribution in [2.24, 2.45) is 0 Å². The fraction of sp³-hybridized carbons (Fsp3) is 0.0500. The van der Waals surface area contributed by atoms with E-state index in [1.54, 1.807) is 37.4 Å². The lowest BCUT2D eigenvalue weighted by molar-refractivity contribution is 0.417. The standard InChI is InChI=1S/C20H17N3O3S/c1-26-20-8-3-2-7-19(20)22-16-9-11-17(12-10-16)23-27(24,25)18-6-4-5-15(13-18)14-21/h2-13,22-23H,1H3. The minimum Gasteiger partial charge on any atom is -0.495 e. The van der Waals surface area contributed by atoms with Crippen LogP contribution in [0.4, 0.5) is 17.1 Å². The van der Waals surface area contributed by atoms with E-state index in [0.29, 0.717) is 11.4 Å². The van der Waals surface area contributed by atoms with Gasteiger partial charge in [0.1, 0.15) is 5.75 Å².